The second kappa shape index (κ2) is 10.6. The summed E-state index contributed by atoms with van der Waals surface area (Å²) in [5.74, 6) is 1.94. The van der Waals surface area contributed by atoms with Crippen LogP contribution in [-0.2, 0) is 11.3 Å². The van der Waals surface area contributed by atoms with Crippen LogP contribution < -0.4 is 14.8 Å². The molecule has 0 aliphatic carbocycles. The van der Waals surface area contributed by atoms with Crippen molar-refractivity contribution in [2.45, 2.75) is 19.6 Å². The van der Waals surface area contributed by atoms with Gasteiger partial charge in [0, 0.05) is 57.9 Å². The molecule has 29 heavy (non-hydrogen) atoms. The number of nitrogens with one attached hydrogen (secondary N) is 1. The lowest BCUT2D eigenvalue weighted by Crippen LogP contribution is -2.42. The average molecular weight is 412 g/mol. The summed E-state index contributed by atoms with van der Waals surface area (Å²) in [6, 6.07) is 4.93. The summed E-state index contributed by atoms with van der Waals surface area (Å²) in [6.45, 7) is 3.99. The Balaban J connectivity index is 1.55. The number of hydrogen-bond donors (Lipinski definition) is 1. The van der Waals surface area contributed by atoms with Crippen molar-refractivity contribution in [2.24, 2.45) is 10.9 Å². The van der Waals surface area contributed by atoms with Gasteiger partial charge in [-0.25, -0.2) is 0 Å². The Morgan fingerprint density at radius 3 is 2.79 bits per heavy atom. The fourth-order valence-corrected chi connectivity index (χ4v) is 3.84. The average Bonchev–Trinajstić information content (AvgIpc) is 3.18. The second-order valence-corrected chi connectivity index (χ2v) is 7.27. The van der Waals surface area contributed by atoms with Gasteiger partial charge in [-0.2, -0.15) is 8.78 Å². The van der Waals surface area contributed by atoms with Crippen LogP contribution in [0.25, 0.3) is 0 Å². The minimum absolute atomic E-state index is 0.105. The molecule has 2 heterocycles. The first-order valence-corrected chi connectivity index (χ1v) is 9.96. The molecule has 2 aliphatic heterocycles. The number of morpholine rings is 1. The molecular formula is C20H30F2N4O3. The molecule has 0 saturated carbocycles. The summed E-state index contributed by atoms with van der Waals surface area (Å²) in [7, 11) is 3.23. The van der Waals surface area contributed by atoms with Gasteiger partial charge in [0.05, 0.1) is 20.3 Å². The maximum Gasteiger partial charge on any atom is 0.387 e. The van der Waals surface area contributed by atoms with E-state index in [1.54, 1.807) is 19.2 Å². The van der Waals surface area contributed by atoms with Crippen molar-refractivity contribution < 1.29 is 23.0 Å². The number of methoxy groups -OCH3 is 1. The first-order chi connectivity index (χ1) is 14.1. The maximum atomic E-state index is 12.8. The third-order valence-corrected chi connectivity index (χ3v) is 5.34. The van der Waals surface area contributed by atoms with Crippen molar-refractivity contribution in [3.63, 3.8) is 0 Å². The monoisotopic (exact) mass is 412 g/mol. The van der Waals surface area contributed by atoms with E-state index in [0.717, 1.165) is 58.3 Å². The Labute approximate surface area is 170 Å². The molecule has 0 aromatic heterocycles. The molecule has 2 fully saturated rings. The number of rotatable bonds is 7. The van der Waals surface area contributed by atoms with Crippen LogP contribution in [0.4, 0.5) is 8.78 Å². The lowest BCUT2D eigenvalue weighted by Gasteiger charge is -2.29. The number of ether oxygens (including phenoxy) is 3. The first kappa shape index (κ1) is 21.6. The van der Waals surface area contributed by atoms with Gasteiger partial charge in [-0.15, -0.1) is 0 Å². The normalized spacial score (nSPS) is 20.9. The topological polar surface area (TPSA) is 58.6 Å². The third-order valence-electron chi connectivity index (χ3n) is 5.34. The molecule has 1 atom stereocenters. The molecule has 0 spiro atoms. The van der Waals surface area contributed by atoms with Gasteiger partial charge in [-0.05, 0) is 24.5 Å². The second-order valence-electron chi connectivity index (χ2n) is 7.27. The number of guanidine groups is 1. The van der Waals surface area contributed by atoms with E-state index in [2.05, 4.69) is 24.8 Å². The smallest absolute Gasteiger partial charge is 0.387 e. The van der Waals surface area contributed by atoms with Crippen LogP contribution in [0.3, 0.4) is 0 Å². The van der Waals surface area contributed by atoms with E-state index >= 15 is 0 Å². The van der Waals surface area contributed by atoms with Crippen molar-refractivity contribution in [1.82, 2.24) is 15.1 Å². The quantitative estimate of drug-likeness (QED) is 0.546. The van der Waals surface area contributed by atoms with Gasteiger partial charge < -0.3 is 24.4 Å². The summed E-state index contributed by atoms with van der Waals surface area (Å²) >= 11 is 0. The summed E-state index contributed by atoms with van der Waals surface area (Å²) < 4.78 is 40.7. The van der Waals surface area contributed by atoms with E-state index in [1.165, 1.54) is 13.2 Å². The zero-order valence-corrected chi connectivity index (χ0v) is 17.1. The van der Waals surface area contributed by atoms with Crippen LogP contribution in [-0.4, -0.2) is 82.5 Å². The number of likely N-dealkylation sites (tertiary alicyclic amines) is 1. The van der Waals surface area contributed by atoms with Crippen LogP contribution >= 0.6 is 0 Å². The number of hydrogen-bond acceptors (Lipinski definition) is 5. The highest BCUT2D eigenvalue weighted by atomic mass is 19.3. The highest BCUT2D eigenvalue weighted by molar-refractivity contribution is 5.80. The van der Waals surface area contributed by atoms with E-state index in [-0.39, 0.29) is 5.75 Å². The Hall–Kier alpha value is -2.13. The van der Waals surface area contributed by atoms with Gasteiger partial charge in [0.15, 0.2) is 5.96 Å². The van der Waals surface area contributed by atoms with Gasteiger partial charge in [0.1, 0.15) is 11.5 Å². The lowest BCUT2D eigenvalue weighted by atomic mass is 10.1. The molecule has 1 aromatic carbocycles. The van der Waals surface area contributed by atoms with E-state index < -0.39 is 6.61 Å². The Morgan fingerprint density at radius 2 is 2.10 bits per heavy atom. The van der Waals surface area contributed by atoms with Gasteiger partial charge in [0.25, 0.3) is 0 Å². The molecule has 162 valence electrons. The van der Waals surface area contributed by atoms with Crippen LogP contribution in [0.5, 0.6) is 11.5 Å². The van der Waals surface area contributed by atoms with Crippen molar-refractivity contribution in [3.05, 3.63) is 23.8 Å². The molecular weight excluding hydrogens is 382 g/mol. The number of aliphatic imine (C=N–C) groups is 1. The van der Waals surface area contributed by atoms with E-state index in [9.17, 15) is 8.78 Å². The fourth-order valence-electron chi connectivity index (χ4n) is 3.84. The molecule has 7 nitrogen and oxygen atoms in total. The molecule has 2 aliphatic rings. The summed E-state index contributed by atoms with van der Waals surface area (Å²) in [5, 5.41) is 3.28. The van der Waals surface area contributed by atoms with Crippen LogP contribution in [0.1, 0.15) is 12.0 Å². The molecule has 1 unspecified atom stereocenters. The van der Waals surface area contributed by atoms with Crippen molar-refractivity contribution in [3.8, 4) is 11.5 Å². The molecule has 0 amide bonds. The molecule has 0 radical (unpaired) electrons. The number of benzene rings is 1. The molecule has 3 rings (SSSR count). The predicted octanol–water partition coefficient (Wildman–Crippen LogP) is 2.03. The zero-order valence-electron chi connectivity index (χ0n) is 17.1. The molecule has 1 aromatic rings. The van der Waals surface area contributed by atoms with Crippen molar-refractivity contribution in [1.29, 1.82) is 0 Å². The molecule has 1 N–H and O–H groups in total. The number of halogens is 2. The highest BCUT2D eigenvalue weighted by Gasteiger charge is 2.27. The van der Waals surface area contributed by atoms with Crippen molar-refractivity contribution in [2.75, 3.05) is 60.1 Å². The molecule has 9 heteroatoms. The van der Waals surface area contributed by atoms with Gasteiger partial charge in [-0.3, -0.25) is 9.89 Å². The Bertz CT molecular complexity index is 684. The highest BCUT2D eigenvalue weighted by Crippen LogP contribution is 2.26. The van der Waals surface area contributed by atoms with E-state index in [0.29, 0.717) is 23.8 Å². The standard InChI is InChI=1S/C20H30F2N4O3/c1-23-20(26-6-5-15(14-26)13-25-7-9-28-10-8-25)24-12-16-3-4-17(27-2)11-18(16)29-19(21)22/h3-4,11,15,19H,5-10,12-14H2,1-2H3,(H,23,24). The SMILES string of the molecule is CN=C(NCc1ccc(OC)cc1OC(F)F)N1CCC(CN2CCOCC2)C1. The Kier molecular flexibility index (Phi) is 7.88. The Morgan fingerprint density at radius 1 is 1.31 bits per heavy atom. The van der Waals surface area contributed by atoms with Gasteiger partial charge >= 0.3 is 6.61 Å². The van der Waals surface area contributed by atoms with E-state index in [4.69, 9.17) is 9.47 Å². The summed E-state index contributed by atoms with van der Waals surface area (Å²) in [5.41, 5.74) is 0.622. The maximum absolute atomic E-state index is 12.8. The third kappa shape index (κ3) is 6.17. The fraction of sp³-hybridized carbons (Fsp3) is 0.650. The number of nitrogens with zero attached hydrogens (tertiary/aromatic N) is 3. The first-order valence-electron chi connectivity index (χ1n) is 9.96. The summed E-state index contributed by atoms with van der Waals surface area (Å²) in [6.07, 6.45) is 1.11. The minimum Gasteiger partial charge on any atom is -0.497 e. The lowest BCUT2D eigenvalue weighted by molar-refractivity contribution is -0.0505. The molecule has 2 saturated heterocycles. The van der Waals surface area contributed by atoms with Crippen LogP contribution in [0.15, 0.2) is 23.2 Å². The number of alkyl halides is 2. The van der Waals surface area contributed by atoms with Crippen molar-refractivity contribution >= 4 is 5.96 Å². The summed E-state index contributed by atoms with van der Waals surface area (Å²) in [4.78, 5) is 9.06. The minimum atomic E-state index is -2.89. The predicted molar refractivity (Wildman–Crippen MR) is 107 cm³/mol. The molecule has 0 bridgehead atoms. The van der Waals surface area contributed by atoms with Crippen LogP contribution in [0.2, 0.25) is 0 Å². The largest absolute Gasteiger partial charge is 0.497 e. The van der Waals surface area contributed by atoms with E-state index in [1.807, 2.05) is 0 Å². The van der Waals surface area contributed by atoms with Crippen LogP contribution in [0, 0.1) is 5.92 Å². The van der Waals surface area contributed by atoms with Gasteiger partial charge in [0.2, 0.25) is 0 Å². The van der Waals surface area contributed by atoms with Gasteiger partial charge in [-0.1, -0.05) is 0 Å². The zero-order chi connectivity index (χ0) is 20.6.